The van der Waals surface area contributed by atoms with E-state index in [1.807, 2.05) is 12.1 Å². The van der Waals surface area contributed by atoms with Crippen LogP contribution >= 0.6 is 23.2 Å². The number of nitrogens with one attached hydrogen (secondary N) is 3. The number of benzene rings is 1. The van der Waals surface area contributed by atoms with Gasteiger partial charge in [0.2, 0.25) is 0 Å². The molecule has 0 atom stereocenters. The van der Waals surface area contributed by atoms with Crippen molar-refractivity contribution >= 4 is 40.8 Å². The Bertz CT molecular complexity index is 1060. The molecule has 10 heteroatoms. The summed E-state index contributed by atoms with van der Waals surface area (Å²) in [5.41, 5.74) is 1.43. The van der Waals surface area contributed by atoms with Crippen molar-refractivity contribution in [1.82, 2.24) is 20.6 Å². The van der Waals surface area contributed by atoms with E-state index in [4.69, 9.17) is 27.9 Å². The summed E-state index contributed by atoms with van der Waals surface area (Å²) < 4.78 is 5.74. The summed E-state index contributed by atoms with van der Waals surface area (Å²) in [5, 5.41) is 8.33. The van der Waals surface area contributed by atoms with E-state index in [-0.39, 0.29) is 23.3 Å². The van der Waals surface area contributed by atoms with Crippen LogP contribution in [0.4, 0.5) is 10.5 Å². The first-order valence-electron chi connectivity index (χ1n) is 8.75. The number of carbonyl (C=O) groups is 2. The minimum atomic E-state index is -0.445. The van der Waals surface area contributed by atoms with Gasteiger partial charge in [0.05, 0.1) is 10.7 Å². The Labute approximate surface area is 182 Å². The molecule has 8 nitrogen and oxygen atoms in total. The van der Waals surface area contributed by atoms with E-state index in [2.05, 4.69) is 25.9 Å². The summed E-state index contributed by atoms with van der Waals surface area (Å²) in [5.74, 6) is 0.768. The summed E-state index contributed by atoms with van der Waals surface area (Å²) in [7, 11) is 1.53. The lowest BCUT2D eigenvalue weighted by molar-refractivity contribution is 0.0958. The normalized spacial score (nSPS) is 10.2. The van der Waals surface area contributed by atoms with Gasteiger partial charge in [-0.2, -0.15) is 0 Å². The molecule has 2 heterocycles. The van der Waals surface area contributed by atoms with Crippen molar-refractivity contribution in [2.24, 2.45) is 0 Å². The second kappa shape index (κ2) is 9.91. The monoisotopic (exact) mass is 445 g/mol. The molecule has 0 spiro atoms. The molecular weight excluding hydrogens is 429 g/mol. The van der Waals surface area contributed by atoms with E-state index in [1.165, 1.54) is 25.5 Å². The van der Waals surface area contributed by atoms with Crippen LogP contribution < -0.4 is 20.7 Å². The summed E-state index contributed by atoms with van der Waals surface area (Å²) in [4.78, 5) is 31.6. The molecule has 0 bridgehead atoms. The topological polar surface area (TPSA) is 105 Å². The third-order valence-electron chi connectivity index (χ3n) is 3.86. The second-order valence-corrected chi connectivity index (χ2v) is 6.80. The number of aromatic nitrogens is 2. The van der Waals surface area contributed by atoms with Crippen molar-refractivity contribution in [1.29, 1.82) is 0 Å². The average Bonchev–Trinajstić information content (AvgIpc) is 2.75. The lowest BCUT2D eigenvalue weighted by atomic mass is 10.2. The molecule has 3 amide bonds. The van der Waals surface area contributed by atoms with Gasteiger partial charge in [0, 0.05) is 32.1 Å². The molecule has 3 N–H and O–H groups in total. The van der Waals surface area contributed by atoms with Gasteiger partial charge in [0.25, 0.3) is 5.91 Å². The van der Waals surface area contributed by atoms with Gasteiger partial charge in [-0.3, -0.25) is 9.78 Å². The third-order valence-corrected chi connectivity index (χ3v) is 4.37. The SMILES string of the molecule is CNC(=O)c1cc(Oc2ccc(CNC(=O)Nc3cc(Cl)cnc3Cl)cc2)ccn1. The Morgan fingerprint density at radius 2 is 1.80 bits per heavy atom. The lowest BCUT2D eigenvalue weighted by Crippen LogP contribution is -2.28. The van der Waals surface area contributed by atoms with Crippen molar-refractivity contribution in [2.45, 2.75) is 6.54 Å². The van der Waals surface area contributed by atoms with Gasteiger partial charge in [-0.05, 0) is 29.8 Å². The molecule has 0 unspecified atom stereocenters. The maximum atomic E-state index is 12.1. The zero-order valence-corrected chi connectivity index (χ0v) is 17.3. The second-order valence-electron chi connectivity index (χ2n) is 6.00. The Morgan fingerprint density at radius 1 is 1.03 bits per heavy atom. The molecule has 0 aliphatic rings. The number of urea groups is 1. The number of hydrogen-bond acceptors (Lipinski definition) is 5. The molecule has 3 aromatic rings. The van der Waals surface area contributed by atoms with Crippen molar-refractivity contribution in [3.8, 4) is 11.5 Å². The first-order chi connectivity index (χ1) is 14.4. The van der Waals surface area contributed by atoms with Crippen LogP contribution in [0.25, 0.3) is 0 Å². The smallest absolute Gasteiger partial charge is 0.319 e. The van der Waals surface area contributed by atoms with Gasteiger partial charge in [-0.25, -0.2) is 9.78 Å². The Balaban J connectivity index is 1.55. The van der Waals surface area contributed by atoms with Crippen LogP contribution in [0.5, 0.6) is 11.5 Å². The van der Waals surface area contributed by atoms with Crippen molar-refractivity contribution in [3.63, 3.8) is 0 Å². The van der Waals surface area contributed by atoms with Gasteiger partial charge in [0.1, 0.15) is 17.2 Å². The van der Waals surface area contributed by atoms with Gasteiger partial charge >= 0.3 is 6.03 Å². The number of anilines is 1. The van der Waals surface area contributed by atoms with Crippen LogP contribution in [0.1, 0.15) is 16.1 Å². The van der Waals surface area contributed by atoms with Crippen LogP contribution in [-0.2, 0) is 6.54 Å². The van der Waals surface area contributed by atoms with Gasteiger partial charge in [-0.15, -0.1) is 0 Å². The molecule has 0 fully saturated rings. The number of amides is 3. The third kappa shape index (κ3) is 5.82. The fourth-order valence-corrected chi connectivity index (χ4v) is 2.71. The maximum absolute atomic E-state index is 12.1. The Kier molecular flexibility index (Phi) is 7.05. The fourth-order valence-electron chi connectivity index (χ4n) is 2.40. The van der Waals surface area contributed by atoms with E-state index in [0.29, 0.717) is 22.2 Å². The molecule has 1 aromatic carbocycles. The number of hydrogen-bond donors (Lipinski definition) is 3. The predicted molar refractivity (Wildman–Crippen MR) is 114 cm³/mol. The van der Waals surface area contributed by atoms with Crippen molar-refractivity contribution < 1.29 is 14.3 Å². The van der Waals surface area contributed by atoms with Crippen LogP contribution in [0.3, 0.4) is 0 Å². The molecule has 3 rings (SSSR count). The van der Waals surface area contributed by atoms with E-state index in [1.54, 1.807) is 24.3 Å². The van der Waals surface area contributed by atoms with Crippen LogP contribution in [-0.4, -0.2) is 29.0 Å². The molecule has 0 saturated heterocycles. The quantitative estimate of drug-likeness (QED) is 0.491. The highest BCUT2D eigenvalue weighted by molar-refractivity contribution is 6.34. The highest BCUT2D eigenvalue weighted by Gasteiger charge is 2.09. The zero-order chi connectivity index (χ0) is 21.5. The number of halogens is 2. The van der Waals surface area contributed by atoms with Crippen LogP contribution in [0, 0.1) is 0 Å². The summed E-state index contributed by atoms with van der Waals surface area (Å²) >= 11 is 11.8. The number of ether oxygens (including phenoxy) is 1. The van der Waals surface area contributed by atoms with E-state index in [9.17, 15) is 9.59 Å². The number of nitrogens with zero attached hydrogens (tertiary/aromatic N) is 2. The Morgan fingerprint density at radius 3 is 2.53 bits per heavy atom. The summed E-state index contributed by atoms with van der Waals surface area (Å²) in [6, 6.07) is 11.4. The molecular formula is C20H17Cl2N5O3. The number of carbonyl (C=O) groups excluding carboxylic acids is 2. The van der Waals surface area contributed by atoms with Crippen molar-refractivity contribution in [3.05, 3.63) is 76.3 Å². The predicted octanol–water partition coefficient (Wildman–Crippen LogP) is 4.26. The maximum Gasteiger partial charge on any atom is 0.319 e. The molecule has 0 aliphatic carbocycles. The molecule has 30 heavy (non-hydrogen) atoms. The molecule has 154 valence electrons. The minimum absolute atomic E-state index is 0.145. The van der Waals surface area contributed by atoms with E-state index < -0.39 is 6.03 Å². The minimum Gasteiger partial charge on any atom is -0.457 e. The molecule has 0 radical (unpaired) electrons. The first-order valence-corrected chi connectivity index (χ1v) is 9.51. The largest absolute Gasteiger partial charge is 0.457 e. The highest BCUT2D eigenvalue weighted by atomic mass is 35.5. The van der Waals surface area contributed by atoms with Gasteiger partial charge < -0.3 is 20.7 Å². The number of pyridine rings is 2. The molecule has 0 aliphatic heterocycles. The number of rotatable bonds is 6. The van der Waals surface area contributed by atoms with Gasteiger partial charge in [-0.1, -0.05) is 35.3 Å². The van der Waals surface area contributed by atoms with Crippen LogP contribution in [0.2, 0.25) is 10.2 Å². The highest BCUT2D eigenvalue weighted by Crippen LogP contribution is 2.23. The van der Waals surface area contributed by atoms with Crippen molar-refractivity contribution in [2.75, 3.05) is 12.4 Å². The fraction of sp³-hybridized carbons (Fsp3) is 0.100. The summed E-state index contributed by atoms with van der Waals surface area (Å²) in [6.07, 6.45) is 2.89. The Hall–Kier alpha value is -3.36. The molecule has 2 aromatic heterocycles. The van der Waals surface area contributed by atoms with E-state index in [0.717, 1.165) is 5.56 Å². The summed E-state index contributed by atoms with van der Waals surface area (Å²) in [6.45, 7) is 0.286. The van der Waals surface area contributed by atoms with Crippen LogP contribution in [0.15, 0.2) is 54.9 Å². The first kappa shape index (κ1) is 21.4. The molecule has 0 saturated carbocycles. The lowest BCUT2D eigenvalue weighted by Gasteiger charge is -2.10. The average molecular weight is 446 g/mol. The zero-order valence-electron chi connectivity index (χ0n) is 15.8. The standard InChI is InChI=1S/C20H17Cl2N5O3/c1-23-19(28)17-9-15(6-7-24-17)30-14-4-2-12(3-5-14)10-26-20(29)27-16-8-13(21)11-25-18(16)22/h2-9,11H,10H2,1H3,(H,23,28)(H2,26,27,29). The van der Waals surface area contributed by atoms with Gasteiger partial charge in [0.15, 0.2) is 5.15 Å². The van der Waals surface area contributed by atoms with E-state index >= 15 is 0 Å².